The predicted octanol–water partition coefficient (Wildman–Crippen LogP) is 2.60. The van der Waals surface area contributed by atoms with Gasteiger partial charge in [0, 0.05) is 0 Å². The van der Waals surface area contributed by atoms with Crippen molar-refractivity contribution in [2.24, 2.45) is 0 Å². The Morgan fingerprint density at radius 1 is 0.920 bits per heavy atom. The summed E-state index contributed by atoms with van der Waals surface area (Å²) in [4.78, 5) is 0. The van der Waals surface area contributed by atoms with Crippen molar-refractivity contribution in [3.63, 3.8) is 0 Å². The lowest BCUT2D eigenvalue weighted by Gasteiger charge is -2.44. The van der Waals surface area contributed by atoms with Crippen LogP contribution in [0, 0.1) is 0 Å². The van der Waals surface area contributed by atoms with Crippen LogP contribution in [0.15, 0.2) is 30.3 Å². The average Bonchev–Trinajstić information content (AvgIpc) is 2.99. The number of ether oxygens (including phenoxy) is 6. The van der Waals surface area contributed by atoms with Crippen molar-refractivity contribution in [3.8, 4) is 0 Å². The summed E-state index contributed by atoms with van der Waals surface area (Å²) < 4.78 is 36.2. The van der Waals surface area contributed by atoms with Gasteiger partial charge in [0.25, 0.3) is 0 Å². The Balaban J connectivity index is 1.54. The van der Waals surface area contributed by atoms with E-state index in [2.05, 4.69) is 0 Å². The van der Waals surface area contributed by atoms with Gasteiger partial charge in [0.05, 0.1) is 19.8 Å². The summed E-state index contributed by atoms with van der Waals surface area (Å²) in [6.07, 6.45) is -1.13. The number of fused-ring (bicyclic) bond motifs is 1. The van der Waals surface area contributed by atoms with Gasteiger partial charge in [0.1, 0.15) is 17.8 Å². The molecule has 3 fully saturated rings. The quantitative estimate of drug-likeness (QED) is 0.835. The standard InChI is InChI=1S/C19H26O6/c1-17(2)21-11-19(12-22-17)15(20-10-13-8-6-5-7-9-13)14-16(25-19)24-18(3,4)23-14/h5-9,14-16H,10-12H2,1-4H3/t14?,15?,16-/m0/s1. The van der Waals surface area contributed by atoms with Crippen molar-refractivity contribution < 1.29 is 28.4 Å². The average molecular weight is 350 g/mol. The zero-order chi connectivity index (χ0) is 17.7. The van der Waals surface area contributed by atoms with Crippen LogP contribution < -0.4 is 0 Å². The van der Waals surface area contributed by atoms with Gasteiger partial charge in [-0.2, -0.15) is 0 Å². The molecule has 1 aromatic rings. The SMILES string of the molecule is CC1(C)OCC2(CO1)O[C@@H]1OC(C)(C)OC1C2OCc1ccccc1. The van der Waals surface area contributed by atoms with Crippen LogP contribution in [0.4, 0.5) is 0 Å². The molecule has 0 radical (unpaired) electrons. The molecular formula is C19H26O6. The first-order valence-corrected chi connectivity index (χ1v) is 8.76. The summed E-state index contributed by atoms with van der Waals surface area (Å²) >= 11 is 0. The topological polar surface area (TPSA) is 55.4 Å². The van der Waals surface area contributed by atoms with Crippen LogP contribution in [0.1, 0.15) is 33.3 Å². The van der Waals surface area contributed by atoms with Crippen LogP contribution in [0.5, 0.6) is 0 Å². The van der Waals surface area contributed by atoms with E-state index in [1.54, 1.807) is 0 Å². The van der Waals surface area contributed by atoms with E-state index in [9.17, 15) is 0 Å². The lowest BCUT2D eigenvalue weighted by atomic mass is 9.95. The zero-order valence-electron chi connectivity index (χ0n) is 15.2. The number of hydrogen-bond acceptors (Lipinski definition) is 6. The molecule has 25 heavy (non-hydrogen) atoms. The third kappa shape index (κ3) is 3.35. The molecule has 6 heteroatoms. The molecule has 0 bridgehead atoms. The first-order valence-electron chi connectivity index (χ1n) is 8.76. The molecule has 6 nitrogen and oxygen atoms in total. The summed E-state index contributed by atoms with van der Waals surface area (Å²) in [6, 6.07) is 10.0. The minimum absolute atomic E-state index is 0.313. The molecule has 0 amide bonds. The van der Waals surface area contributed by atoms with Gasteiger partial charge >= 0.3 is 0 Å². The summed E-state index contributed by atoms with van der Waals surface area (Å²) in [5.41, 5.74) is 0.369. The van der Waals surface area contributed by atoms with Crippen molar-refractivity contribution in [1.29, 1.82) is 0 Å². The largest absolute Gasteiger partial charge is 0.367 e. The van der Waals surface area contributed by atoms with Gasteiger partial charge in [-0.15, -0.1) is 0 Å². The van der Waals surface area contributed by atoms with Crippen LogP contribution in [-0.4, -0.2) is 48.9 Å². The lowest BCUT2D eigenvalue weighted by Crippen LogP contribution is -2.59. The third-order valence-corrected chi connectivity index (χ3v) is 4.86. The molecule has 3 heterocycles. The first-order chi connectivity index (χ1) is 11.8. The smallest absolute Gasteiger partial charge is 0.190 e. The zero-order valence-corrected chi connectivity index (χ0v) is 15.2. The lowest BCUT2D eigenvalue weighted by molar-refractivity contribution is -0.341. The summed E-state index contributed by atoms with van der Waals surface area (Å²) in [5, 5.41) is 0. The molecule has 0 aromatic heterocycles. The van der Waals surface area contributed by atoms with E-state index in [0.717, 1.165) is 5.56 Å². The third-order valence-electron chi connectivity index (χ3n) is 4.86. The van der Waals surface area contributed by atoms with E-state index in [1.807, 2.05) is 58.0 Å². The van der Waals surface area contributed by atoms with Gasteiger partial charge in [-0.1, -0.05) is 30.3 Å². The van der Waals surface area contributed by atoms with Crippen molar-refractivity contribution in [2.75, 3.05) is 13.2 Å². The molecule has 3 aliphatic heterocycles. The maximum atomic E-state index is 6.27. The van der Waals surface area contributed by atoms with E-state index >= 15 is 0 Å². The Bertz CT molecular complexity index is 604. The van der Waals surface area contributed by atoms with Gasteiger partial charge in [0.2, 0.25) is 0 Å². The molecule has 0 aliphatic carbocycles. The predicted molar refractivity (Wildman–Crippen MR) is 88.6 cm³/mol. The van der Waals surface area contributed by atoms with Crippen LogP contribution in [0.25, 0.3) is 0 Å². The van der Waals surface area contributed by atoms with E-state index in [1.165, 1.54) is 0 Å². The van der Waals surface area contributed by atoms with Gasteiger partial charge in [-0.05, 0) is 33.3 Å². The fourth-order valence-corrected chi connectivity index (χ4v) is 3.57. The van der Waals surface area contributed by atoms with Crippen LogP contribution >= 0.6 is 0 Å². The van der Waals surface area contributed by atoms with E-state index in [0.29, 0.717) is 19.8 Å². The molecule has 0 saturated carbocycles. The highest BCUT2D eigenvalue weighted by atomic mass is 16.9. The van der Waals surface area contributed by atoms with E-state index in [-0.39, 0.29) is 12.2 Å². The summed E-state index contributed by atoms with van der Waals surface area (Å²) in [6.45, 7) is 8.77. The molecular weight excluding hydrogens is 324 g/mol. The second-order valence-corrected chi connectivity index (χ2v) is 7.85. The highest BCUT2D eigenvalue weighted by Crippen LogP contribution is 2.46. The monoisotopic (exact) mass is 350 g/mol. The maximum absolute atomic E-state index is 6.27. The molecule has 3 aliphatic rings. The molecule has 0 N–H and O–H groups in total. The minimum Gasteiger partial charge on any atom is -0.367 e. The van der Waals surface area contributed by atoms with Crippen molar-refractivity contribution in [1.82, 2.24) is 0 Å². The van der Waals surface area contributed by atoms with Crippen LogP contribution in [0.3, 0.4) is 0 Å². The fourth-order valence-electron chi connectivity index (χ4n) is 3.57. The van der Waals surface area contributed by atoms with Gasteiger partial charge < -0.3 is 28.4 Å². The van der Waals surface area contributed by atoms with Crippen molar-refractivity contribution in [2.45, 2.75) is 70.0 Å². The normalized spacial score (nSPS) is 35.0. The molecule has 3 atom stereocenters. The van der Waals surface area contributed by atoms with Crippen LogP contribution in [0.2, 0.25) is 0 Å². The maximum Gasteiger partial charge on any atom is 0.190 e. The Morgan fingerprint density at radius 3 is 2.28 bits per heavy atom. The summed E-state index contributed by atoms with van der Waals surface area (Å²) in [5.74, 6) is -1.32. The second-order valence-electron chi connectivity index (χ2n) is 7.85. The first kappa shape index (κ1) is 17.4. The molecule has 2 unspecified atom stereocenters. The van der Waals surface area contributed by atoms with Gasteiger partial charge in [-0.25, -0.2) is 0 Å². The molecule has 138 valence electrons. The van der Waals surface area contributed by atoms with Crippen molar-refractivity contribution >= 4 is 0 Å². The number of rotatable bonds is 3. The number of benzene rings is 1. The summed E-state index contributed by atoms with van der Waals surface area (Å²) in [7, 11) is 0. The molecule has 1 spiro atoms. The highest BCUT2D eigenvalue weighted by molar-refractivity contribution is 5.14. The van der Waals surface area contributed by atoms with E-state index in [4.69, 9.17) is 28.4 Å². The number of hydrogen-bond donors (Lipinski definition) is 0. The Hall–Kier alpha value is -1.02. The van der Waals surface area contributed by atoms with Crippen molar-refractivity contribution in [3.05, 3.63) is 35.9 Å². The minimum atomic E-state index is -0.726. The van der Waals surface area contributed by atoms with Crippen LogP contribution in [-0.2, 0) is 35.0 Å². The van der Waals surface area contributed by atoms with Gasteiger partial charge in [0.15, 0.2) is 17.9 Å². The van der Waals surface area contributed by atoms with E-state index < -0.39 is 23.5 Å². The Labute approximate surface area is 148 Å². The van der Waals surface area contributed by atoms with Gasteiger partial charge in [-0.3, -0.25) is 0 Å². The molecule has 4 rings (SSSR count). The molecule has 3 saturated heterocycles. The highest BCUT2D eigenvalue weighted by Gasteiger charge is 2.64. The Morgan fingerprint density at radius 2 is 1.60 bits per heavy atom. The fraction of sp³-hybridized carbons (Fsp3) is 0.684. The Kier molecular flexibility index (Phi) is 4.18. The molecule has 1 aromatic carbocycles. The second kappa shape index (κ2) is 6.01.